The zero-order valence-electron chi connectivity index (χ0n) is 33.3. The van der Waals surface area contributed by atoms with E-state index in [0.29, 0.717) is 37.0 Å². The van der Waals surface area contributed by atoms with Gasteiger partial charge in [-0.2, -0.15) is 0 Å². The topological polar surface area (TPSA) is 203 Å². The quantitative estimate of drug-likeness (QED) is 0.0255. The molecule has 1 unspecified atom stereocenters. The molecule has 0 aliphatic heterocycles. The highest BCUT2D eigenvalue weighted by Crippen LogP contribution is 2.26. The third kappa shape index (κ3) is 19.5. The Balaban J connectivity index is 3.17. The number of unbranched alkanes of at least 4 members (excludes halogenated alkanes) is 8. The van der Waals surface area contributed by atoms with Crippen molar-refractivity contribution in [2.45, 2.75) is 149 Å². The number of esters is 2. The van der Waals surface area contributed by atoms with Crippen LogP contribution in [0.4, 0.5) is 0 Å². The molecule has 0 bridgehead atoms. The first kappa shape index (κ1) is 48.3. The van der Waals surface area contributed by atoms with Gasteiger partial charge < -0.3 is 34.8 Å². The first-order valence-corrected chi connectivity index (χ1v) is 19.1. The summed E-state index contributed by atoms with van der Waals surface area (Å²) in [4.78, 5) is 75.9. The van der Waals surface area contributed by atoms with Crippen molar-refractivity contribution in [2.24, 2.45) is 11.3 Å². The predicted octanol–water partition coefficient (Wildman–Crippen LogP) is 6.33. The minimum atomic E-state index is -3.08. The molecule has 1 aromatic rings. The maximum absolute atomic E-state index is 13.8. The maximum atomic E-state index is 13.8. The Kier molecular flexibility index (Phi) is 22.3. The largest absolute Gasteiger partial charge is 0.481 e. The Labute approximate surface area is 325 Å². The lowest BCUT2D eigenvalue weighted by Crippen LogP contribution is -2.55. The summed E-state index contributed by atoms with van der Waals surface area (Å²) in [5, 5.41) is 33.1. The summed E-state index contributed by atoms with van der Waals surface area (Å²) < 4.78 is 16.1. The summed E-state index contributed by atoms with van der Waals surface area (Å²) >= 11 is 0. The van der Waals surface area contributed by atoms with E-state index >= 15 is 0 Å². The molecule has 0 spiro atoms. The van der Waals surface area contributed by atoms with Crippen LogP contribution in [0.25, 0.3) is 0 Å². The number of carboxylic acids is 2. The van der Waals surface area contributed by atoms with Crippen molar-refractivity contribution in [1.29, 1.82) is 0 Å². The van der Waals surface area contributed by atoms with Crippen LogP contribution in [0.1, 0.15) is 131 Å². The Bertz CT molecular complexity index is 1480. The lowest BCUT2D eigenvalue weighted by Gasteiger charge is -2.30. The molecule has 0 saturated heterocycles. The van der Waals surface area contributed by atoms with E-state index in [-0.39, 0.29) is 18.8 Å². The molecule has 0 heterocycles. The second-order valence-corrected chi connectivity index (χ2v) is 14.6. The Hall–Kier alpha value is -4.70. The SMILES string of the molecule is CC#CCOc1ccc(C[C@H](NC(=O)C(/C=C/CCCCCCC(=O)CCCCCCC)[C@@](O)(CC(=O)O)C(=O)O)C(=O)O[C@@H](C)OC(=O)C(C)(C)C)cc1. The van der Waals surface area contributed by atoms with Crippen molar-refractivity contribution in [2.75, 3.05) is 6.61 Å². The molecule has 13 heteroatoms. The molecule has 306 valence electrons. The number of Topliss-reactive ketones (excluding diaryl/α,β-unsaturated/α-hetero) is 1. The first-order chi connectivity index (χ1) is 25.9. The number of aliphatic carboxylic acids is 2. The van der Waals surface area contributed by atoms with Gasteiger partial charge in [0.2, 0.25) is 12.2 Å². The van der Waals surface area contributed by atoms with Crippen LogP contribution >= 0.6 is 0 Å². The van der Waals surface area contributed by atoms with E-state index in [0.717, 1.165) is 51.0 Å². The van der Waals surface area contributed by atoms with E-state index in [9.17, 15) is 44.1 Å². The van der Waals surface area contributed by atoms with E-state index in [1.165, 1.54) is 19.4 Å². The van der Waals surface area contributed by atoms with Crippen molar-refractivity contribution in [1.82, 2.24) is 5.32 Å². The van der Waals surface area contributed by atoms with Crippen molar-refractivity contribution in [3.8, 4) is 17.6 Å². The summed E-state index contributed by atoms with van der Waals surface area (Å²) in [5.74, 6) is -2.13. The fourth-order valence-electron chi connectivity index (χ4n) is 5.43. The Morgan fingerprint density at radius 3 is 2.02 bits per heavy atom. The fourth-order valence-corrected chi connectivity index (χ4v) is 5.43. The van der Waals surface area contributed by atoms with Crippen LogP contribution in [0, 0.1) is 23.2 Å². The van der Waals surface area contributed by atoms with E-state index < -0.39 is 65.5 Å². The van der Waals surface area contributed by atoms with E-state index in [4.69, 9.17) is 14.2 Å². The number of ketones is 1. The van der Waals surface area contributed by atoms with Crippen LogP contribution in [-0.4, -0.2) is 75.4 Å². The van der Waals surface area contributed by atoms with Gasteiger partial charge in [0.15, 0.2) is 5.60 Å². The lowest BCUT2D eigenvalue weighted by molar-refractivity contribution is -0.192. The predicted molar refractivity (Wildman–Crippen MR) is 206 cm³/mol. The van der Waals surface area contributed by atoms with Gasteiger partial charge >= 0.3 is 23.9 Å². The minimum Gasteiger partial charge on any atom is -0.481 e. The molecule has 1 rings (SSSR count). The highest BCUT2D eigenvalue weighted by Gasteiger charge is 2.49. The molecule has 55 heavy (non-hydrogen) atoms. The van der Waals surface area contributed by atoms with Gasteiger partial charge in [0.05, 0.1) is 17.8 Å². The molecule has 4 atom stereocenters. The van der Waals surface area contributed by atoms with Gasteiger partial charge in [0, 0.05) is 26.2 Å². The molecule has 0 radical (unpaired) electrons. The second-order valence-electron chi connectivity index (χ2n) is 14.6. The van der Waals surface area contributed by atoms with Gasteiger partial charge in [-0.05, 0) is 71.1 Å². The zero-order valence-corrected chi connectivity index (χ0v) is 33.3. The van der Waals surface area contributed by atoms with Gasteiger partial charge in [-0.1, -0.05) is 75.7 Å². The molecule has 1 aromatic carbocycles. The van der Waals surface area contributed by atoms with Gasteiger partial charge in [0.1, 0.15) is 24.2 Å². The lowest BCUT2D eigenvalue weighted by atomic mass is 9.82. The molecule has 0 aliphatic carbocycles. The Morgan fingerprint density at radius 2 is 1.47 bits per heavy atom. The maximum Gasteiger partial charge on any atom is 0.337 e. The molecular weight excluding hydrogens is 710 g/mol. The van der Waals surface area contributed by atoms with E-state index in [1.807, 2.05) is 0 Å². The molecule has 0 fully saturated rings. The highest BCUT2D eigenvalue weighted by molar-refractivity contribution is 5.95. The van der Waals surface area contributed by atoms with Gasteiger partial charge in [-0.25, -0.2) is 9.59 Å². The zero-order chi connectivity index (χ0) is 41.4. The highest BCUT2D eigenvalue weighted by atomic mass is 16.7. The summed E-state index contributed by atoms with van der Waals surface area (Å²) in [6.07, 6.45) is 9.63. The van der Waals surface area contributed by atoms with Crippen LogP contribution in [0.15, 0.2) is 36.4 Å². The van der Waals surface area contributed by atoms with Gasteiger partial charge in [0.25, 0.3) is 0 Å². The average molecular weight is 772 g/mol. The van der Waals surface area contributed by atoms with Crippen LogP contribution in [0.2, 0.25) is 0 Å². The smallest absolute Gasteiger partial charge is 0.337 e. The number of carboxylic acid groups (broad SMARTS) is 2. The number of benzene rings is 1. The number of hydrogen-bond acceptors (Lipinski definition) is 10. The van der Waals surface area contributed by atoms with Crippen molar-refractivity contribution >= 4 is 35.6 Å². The summed E-state index contributed by atoms with van der Waals surface area (Å²) in [6, 6.07) is 5.02. The number of nitrogens with one attached hydrogen (secondary N) is 1. The van der Waals surface area contributed by atoms with Crippen LogP contribution in [0.5, 0.6) is 5.75 Å². The van der Waals surface area contributed by atoms with Crippen LogP contribution in [0.3, 0.4) is 0 Å². The number of amides is 1. The van der Waals surface area contributed by atoms with Gasteiger partial charge in [-0.15, -0.1) is 5.92 Å². The van der Waals surface area contributed by atoms with Crippen LogP contribution < -0.4 is 10.1 Å². The molecule has 4 N–H and O–H groups in total. The third-order valence-electron chi connectivity index (χ3n) is 8.67. The minimum absolute atomic E-state index is 0.157. The van der Waals surface area contributed by atoms with Gasteiger partial charge in [-0.3, -0.25) is 19.2 Å². The van der Waals surface area contributed by atoms with Crippen molar-refractivity contribution in [3.63, 3.8) is 0 Å². The number of carbonyl (C=O) groups excluding carboxylic acids is 4. The first-order valence-electron chi connectivity index (χ1n) is 19.1. The Morgan fingerprint density at radius 1 is 0.873 bits per heavy atom. The number of rotatable bonds is 27. The molecule has 0 aromatic heterocycles. The van der Waals surface area contributed by atoms with E-state index in [2.05, 4.69) is 24.1 Å². The van der Waals surface area contributed by atoms with Crippen LogP contribution in [-0.2, 0) is 44.7 Å². The monoisotopic (exact) mass is 771 g/mol. The van der Waals surface area contributed by atoms with Crippen molar-refractivity contribution in [3.05, 3.63) is 42.0 Å². The molecule has 0 saturated carbocycles. The molecular formula is C42H61NO12. The third-order valence-corrected chi connectivity index (χ3v) is 8.67. The molecule has 1 amide bonds. The number of ether oxygens (including phenoxy) is 3. The number of aliphatic hydroxyl groups is 1. The summed E-state index contributed by atoms with van der Waals surface area (Å²) in [6.45, 7) is 10.1. The average Bonchev–Trinajstić information content (AvgIpc) is 3.10. The number of carbonyl (C=O) groups is 6. The van der Waals surface area contributed by atoms with Crippen molar-refractivity contribution < 1.29 is 58.3 Å². The summed E-state index contributed by atoms with van der Waals surface area (Å²) in [5.41, 5.74) is -3.46. The number of allylic oxidation sites excluding steroid dienone is 1. The number of hydrogen-bond donors (Lipinski definition) is 4. The second kappa shape index (κ2) is 25.4. The summed E-state index contributed by atoms with van der Waals surface area (Å²) in [7, 11) is 0. The molecule has 0 aliphatic rings. The molecule has 13 nitrogen and oxygen atoms in total. The fraction of sp³-hybridized carbons (Fsp3) is 0.619. The van der Waals surface area contributed by atoms with E-state index in [1.54, 1.807) is 52.0 Å². The normalized spacial score (nSPS) is 14.0. The standard InChI is InChI=1S/C42H61NO12/c1-7-9-11-14-17-20-32(44)21-18-15-12-13-16-19-22-34(42(52,39(49)50)29-36(45)46)37(47)43-35(38(48)54-30(3)55-40(51)41(4,5)6)28-31-23-25-33(26-24-31)53-27-10-8-2/h19,22-26,30,34-35,52H,7,9,11-18,20-21,27-29H2,1-6H3,(H,43,47)(H,45,46)(H,49,50)/b22-19+/t30-,34?,35+,42+/m1/s1.